The van der Waals surface area contributed by atoms with Crippen LogP contribution >= 0.6 is 0 Å². The van der Waals surface area contributed by atoms with Gasteiger partial charge in [-0.25, -0.2) is 0 Å². The summed E-state index contributed by atoms with van der Waals surface area (Å²) in [5, 5.41) is 9.36. The van der Waals surface area contributed by atoms with E-state index in [1.54, 1.807) is 0 Å². The van der Waals surface area contributed by atoms with Crippen LogP contribution in [0.4, 0.5) is 0 Å². The number of benzene rings is 2. The Kier molecular flexibility index (Phi) is 4.67. The Balaban J connectivity index is 2.40. The smallest absolute Gasteiger partial charge is 0.0998 e. The molecule has 0 aliphatic rings. The van der Waals surface area contributed by atoms with Gasteiger partial charge < -0.3 is 11.5 Å². The molecule has 0 radical (unpaired) electrons. The van der Waals surface area contributed by atoms with Crippen molar-refractivity contribution in [2.45, 2.75) is 13.1 Å². The first-order valence-electron chi connectivity index (χ1n) is 6.47. The third-order valence-corrected chi connectivity index (χ3v) is 3.09. The lowest BCUT2D eigenvalue weighted by molar-refractivity contribution is 1.07. The van der Waals surface area contributed by atoms with Crippen molar-refractivity contribution in [1.29, 1.82) is 5.26 Å². The average molecular weight is 263 g/mol. The maximum Gasteiger partial charge on any atom is 0.0998 e. The van der Waals surface area contributed by atoms with Gasteiger partial charge in [0.05, 0.1) is 11.6 Å². The Morgan fingerprint density at radius 3 is 2.30 bits per heavy atom. The summed E-state index contributed by atoms with van der Waals surface area (Å²) in [5.74, 6) is 0. The Labute approximate surface area is 119 Å². The summed E-state index contributed by atoms with van der Waals surface area (Å²) in [4.78, 5) is 0. The minimum absolute atomic E-state index is 0.467. The van der Waals surface area contributed by atoms with E-state index in [-0.39, 0.29) is 0 Å². The van der Waals surface area contributed by atoms with E-state index in [4.69, 9.17) is 11.5 Å². The molecule has 0 heterocycles. The van der Waals surface area contributed by atoms with Crippen LogP contribution in [0.3, 0.4) is 0 Å². The van der Waals surface area contributed by atoms with Crippen molar-refractivity contribution in [3.05, 3.63) is 70.8 Å². The van der Waals surface area contributed by atoms with Gasteiger partial charge in [0.25, 0.3) is 0 Å². The molecule has 0 spiro atoms. The maximum atomic E-state index is 9.36. The Hall–Kier alpha value is -2.41. The van der Waals surface area contributed by atoms with Gasteiger partial charge in [-0.3, -0.25) is 0 Å². The molecule has 0 saturated carbocycles. The predicted octanol–water partition coefficient (Wildman–Crippen LogP) is 2.67. The molecule has 0 amide bonds. The van der Waals surface area contributed by atoms with Crippen LogP contribution in [-0.2, 0) is 13.1 Å². The van der Waals surface area contributed by atoms with Gasteiger partial charge >= 0.3 is 0 Å². The summed E-state index contributed by atoms with van der Waals surface area (Å²) in [6.07, 6.45) is 1.87. The Morgan fingerprint density at radius 2 is 1.65 bits per heavy atom. The molecule has 0 unspecified atom stereocenters. The first-order chi connectivity index (χ1) is 9.76. The first kappa shape index (κ1) is 14.0. The zero-order valence-electron chi connectivity index (χ0n) is 11.2. The summed E-state index contributed by atoms with van der Waals surface area (Å²) in [6, 6.07) is 17.8. The van der Waals surface area contributed by atoms with Gasteiger partial charge in [-0.15, -0.1) is 0 Å². The van der Waals surface area contributed by atoms with Crippen molar-refractivity contribution in [3.8, 4) is 6.07 Å². The lowest BCUT2D eigenvalue weighted by atomic mass is 10.0. The van der Waals surface area contributed by atoms with Crippen LogP contribution in [0.1, 0.15) is 22.3 Å². The van der Waals surface area contributed by atoms with Crippen molar-refractivity contribution in [1.82, 2.24) is 0 Å². The van der Waals surface area contributed by atoms with E-state index in [0.717, 1.165) is 22.3 Å². The molecule has 0 aliphatic carbocycles. The molecule has 4 N–H and O–H groups in total. The normalized spacial score (nSPS) is 11.2. The lowest BCUT2D eigenvalue weighted by Gasteiger charge is -2.04. The summed E-state index contributed by atoms with van der Waals surface area (Å²) in [7, 11) is 0. The Morgan fingerprint density at radius 1 is 1.00 bits per heavy atom. The highest BCUT2D eigenvalue weighted by molar-refractivity contribution is 5.89. The fourth-order valence-electron chi connectivity index (χ4n) is 2.02. The number of nitriles is 1. The van der Waals surface area contributed by atoms with E-state index < -0.39 is 0 Å². The molecule has 20 heavy (non-hydrogen) atoms. The minimum Gasteiger partial charge on any atom is -0.326 e. The van der Waals surface area contributed by atoms with Gasteiger partial charge in [0.1, 0.15) is 0 Å². The van der Waals surface area contributed by atoms with Crippen LogP contribution in [0.2, 0.25) is 0 Å². The fraction of sp³-hybridized carbons (Fsp3) is 0.118. The van der Waals surface area contributed by atoms with E-state index in [1.165, 1.54) is 0 Å². The van der Waals surface area contributed by atoms with Crippen LogP contribution in [0.25, 0.3) is 11.6 Å². The molecular weight excluding hydrogens is 246 g/mol. The zero-order chi connectivity index (χ0) is 14.4. The second-order valence-electron chi connectivity index (χ2n) is 4.52. The van der Waals surface area contributed by atoms with Crippen LogP contribution in [0.15, 0.2) is 48.5 Å². The van der Waals surface area contributed by atoms with Crippen LogP contribution in [-0.4, -0.2) is 0 Å². The van der Waals surface area contributed by atoms with E-state index in [9.17, 15) is 5.26 Å². The molecule has 100 valence electrons. The summed E-state index contributed by atoms with van der Waals surface area (Å²) >= 11 is 0. The highest BCUT2D eigenvalue weighted by Gasteiger charge is 2.02. The molecule has 0 aromatic heterocycles. The van der Waals surface area contributed by atoms with E-state index in [0.29, 0.717) is 18.7 Å². The molecule has 2 rings (SSSR count). The maximum absolute atomic E-state index is 9.36. The number of allylic oxidation sites excluding steroid dienone is 1. The number of nitrogens with zero attached hydrogens (tertiary/aromatic N) is 1. The second kappa shape index (κ2) is 6.67. The molecular formula is C17H17N3. The van der Waals surface area contributed by atoms with Gasteiger partial charge in [-0.1, -0.05) is 42.5 Å². The standard InChI is InChI=1S/C17H17N3/c18-10-14-4-1-3-13(7-14)8-17(12-20)16-6-2-5-15(9-16)11-19/h1-9H,10-11,18-19H2. The SMILES string of the molecule is N#CC(=Cc1cccc(CN)c1)c1cccc(CN)c1. The number of rotatable bonds is 4. The first-order valence-corrected chi connectivity index (χ1v) is 6.47. The lowest BCUT2D eigenvalue weighted by Crippen LogP contribution is -1.97. The van der Waals surface area contributed by atoms with Gasteiger partial charge in [0.15, 0.2) is 0 Å². The summed E-state index contributed by atoms with van der Waals surface area (Å²) in [5.41, 5.74) is 15.8. The fourth-order valence-corrected chi connectivity index (χ4v) is 2.02. The van der Waals surface area contributed by atoms with Gasteiger partial charge in [-0.05, 0) is 34.4 Å². The van der Waals surface area contributed by atoms with E-state index in [2.05, 4.69) is 6.07 Å². The summed E-state index contributed by atoms with van der Waals surface area (Å²) in [6.45, 7) is 0.960. The van der Waals surface area contributed by atoms with Crippen LogP contribution in [0, 0.1) is 11.3 Å². The molecule has 3 nitrogen and oxygen atoms in total. The molecule has 3 heteroatoms. The van der Waals surface area contributed by atoms with Gasteiger partial charge in [0, 0.05) is 13.1 Å². The molecule has 0 bridgehead atoms. The topological polar surface area (TPSA) is 75.8 Å². The van der Waals surface area contributed by atoms with Gasteiger partial charge in [0.2, 0.25) is 0 Å². The third-order valence-electron chi connectivity index (χ3n) is 3.09. The average Bonchev–Trinajstić information content (AvgIpc) is 2.52. The zero-order valence-corrected chi connectivity index (χ0v) is 11.2. The summed E-state index contributed by atoms with van der Waals surface area (Å²) < 4.78 is 0. The minimum atomic E-state index is 0.467. The second-order valence-corrected chi connectivity index (χ2v) is 4.52. The van der Waals surface area contributed by atoms with Gasteiger partial charge in [-0.2, -0.15) is 5.26 Å². The third kappa shape index (κ3) is 3.33. The molecule has 2 aromatic carbocycles. The predicted molar refractivity (Wildman–Crippen MR) is 82.2 cm³/mol. The number of hydrogen-bond acceptors (Lipinski definition) is 3. The Bertz CT molecular complexity index is 666. The number of nitrogens with two attached hydrogens (primary N) is 2. The highest BCUT2D eigenvalue weighted by Crippen LogP contribution is 2.19. The monoisotopic (exact) mass is 263 g/mol. The molecule has 0 atom stereocenters. The largest absolute Gasteiger partial charge is 0.326 e. The van der Waals surface area contributed by atoms with E-state index in [1.807, 2.05) is 54.6 Å². The number of hydrogen-bond donors (Lipinski definition) is 2. The van der Waals surface area contributed by atoms with Crippen LogP contribution in [0.5, 0.6) is 0 Å². The molecule has 0 aliphatic heterocycles. The highest BCUT2D eigenvalue weighted by atomic mass is 14.5. The van der Waals surface area contributed by atoms with Crippen molar-refractivity contribution in [2.75, 3.05) is 0 Å². The molecule has 2 aromatic rings. The van der Waals surface area contributed by atoms with E-state index >= 15 is 0 Å². The van der Waals surface area contributed by atoms with Crippen molar-refractivity contribution < 1.29 is 0 Å². The van der Waals surface area contributed by atoms with Crippen molar-refractivity contribution in [3.63, 3.8) is 0 Å². The van der Waals surface area contributed by atoms with Crippen LogP contribution < -0.4 is 11.5 Å². The molecule has 0 saturated heterocycles. The molecule has 0 fully saturated rings. The van der Waals surface area contributed by atoms with Crippen molar-refractivity contribution in [2.24, 2.45) is 11.5 Å². The quantitative estimate of drug-likeness (QED) is 0.657. The van der Waals surface area contributed by atoms with Crippen molar-refractivity contribution >= 4 is 11.6 Å².